The summed E-state index contributed by atoms with van der Waals surface area (Å²) in [6, 6.07) is 6.58. The molecule has 0 saturated carbocycles. The van der Waals surface area contributed by atoms with E-state index in [2.05, 4.69) is 11.8 Å². The Kier molecular flexibility index (Phi) is 5.16. The van der Waals surface area contributed by atoms with Gasteiger partial charge in [0.25, 0.3) is 0 Å². The summed E-state index contributed by atoms with van der Waals surface area (Å²) in [4.78, 5) is 16.6. The number of amides is 1. The molecule has 126 valence electrons. The summed E-state index contributed by atoms with van der Waals surface area (Å²) in [7, 11) is 0. The molecular weight excluding hydrogens is 295 g/mol. The van der Waals surface area contributed by atoms with E-state index in [0.717, 1.165) is 13.0 Å². The number of carbonyl (C=O) groups is 1. The summed E-state index contributed by atoms with van der Waals surface area (Å²) in [6.45, 7) is 5.01. The lowest BCUT2D eigenvalue weighted by molar-refractivity contribution is -0.142. The second-order valence-electron chi connectivity index (χ2n) is 6.52. The normalized spacial score (nSPS) is 22.7. The van der Waals surface area contributed by atoms with Crippen LogP contribution in [-0.4, -0.2) is 54.0 Å². The molecule has 0 unspecified atom stereocenters. The van der Waals surface area contributed by atoms with Gasteiger partial charge in [-0.2, -0.15) is 0 Å². The van der Waals surface area contributed by atoms with Crippen molar-refractivity contribution in [2.45, 2.75) is 44.8 Å². The molecular formula is C18H25FN2O2. The van der Waals surface area contributed by atoms with Crippen LogP contribution in [0, 0.1) is 5.82 Å². The van der Waals surface area contributed by atoms with Crippen molar-refractivity contribution in [2.24, 2.45) is 0 Å². The molecule has 23 heavy (non-hydrogen) atoms. The molecule has 0 aromatic heterocycles. The van der Waals surface area contributed by atoms with E-state index >= 15 is 0 Å². The van der Waals surface area contributed by atoms with E-state index in [1.54, 1.807) is 12.1 Å². The van der Waals surface area contributed by atoms with Gasteiger partial charge in [-0.25, -0.2) is 4.39 Å². The van der Waals surface area contributed by atoms with Gasteiger partial charge >= 0.3 is 0 Å². The first-order valence-electron chi connectivity index (χ1n) is 8.59. The number of benzene rings is 1. The Hall–Kier alpha value is -1.62. The number of nitrogens with zero attached hydrogens (tertiary/aromatic N) is 2. The Morgan fingerprint density at radius 3 is 2.70 bits per heavy atom. The highest BCUT2D eigenvalue weighted by atomic mass is 19.1. The van der Waals surface area contributed by atoms with Crippen LogP contribution < -0.4 is 4.74 Å². The highest BCUT2D eigenvalue weighted by Gasteiger charge is 2.34. The Bertz CT molecular complexity index is 528. The number of ether oxygens (including phenoxy) is 1. The van der Waals surface area contributed by atoms with Crippen molar-refractivity contribution >= 4 is 5.91 Å². The molecule has 0 radical (unpaired) electrons. The molecule has 4 nitrogen and oxygen atoms in total. The molecule has 1 amide bonds. The van der Waals surface area contributed by atoms with Crippen LogP contribution in [0.2, 0.25) is 0 Å². The number of halogens is 1. The first kappa shape index (κ1) is 16.2. The fourth-order valence-corrected chi connectivity index (χ4v) is 3.43. The zero-order valence-corrected chi connectivity index (χ0v) is 13.7. The second-order valence-corrected chi connectivity index (χ2v) is 6.52. The number of rotatable bonds is 5. The molecule has 1 aromatic carbocycles. The number of likely N-dealkylation sites (tertiary alicyclic amines) is 2. The largest absolute Gasteiger partial charge is 0.487 e. The molecule has 0 spiro atoms. The SMILES string of the molecule is CC[C@H]1CCCCN1CC(=O)N1CC(Oc2ccc(F)cc2)C1. The van der Waals surface area contributed by atoms with E-state index in [4.69, 9.17) is 4.74 Å². The third kappa shape index (κ3) is 4.02. The van der Waals surface area contributed by atoms with Crippen molar-refractivity contribution in [3.05, 3.63) is 30.1 Å². The first-order chi connectivity index (χ1) is 11.2. The zero-order valence-electron chi connectivity index (χ0n) is 13.7. The quantitative estimate of drug-likeness (QED) is 0.836. The molecule has 1 atom stereocenters. The maximum absolute atomic E-state index is 12.9. The van der Waals surface area contributed by atoms with Crippen molar-refractivity contribution in [2.75, 3.05) is 26.2 Å². The molecule has 2 fully saturated rings. The molecule has 0 N–H and O–H groups in total. The Morgan fingerprint density at radius 2 is 2.00 bits per heavy atom. The van der Waals surface area contributed by atoms with E-state index in [0.29, 0.717) is 31.4 Å². The van der Waals surface area contributed by atoms with Crippen LogP contribution in [0.3, 0.4) is 0 Å². The molecule has 1 aromatic rings. The minimum atomic E-state index is -0.269. The summed E-state index contributed by atoms with van der Waals surface area (Å²) in [6.07, 6.45) is 4.82. The van der Waals surface area contributed by atoms with Crippen molar-refractivity contribution in [1.82, 2.24) is 9.80 Å². The van der Waals surface area contributed by atoms with Gasteiger partial charge in [-0.05, 0) is 50.1 Å². The lowest BCUT2D eigenvalue weighted by atomic mass is 10.00. The van der Waals surface area contributed by atoms with Gasteiger partial charge in [0, 0.05) is 6.04 Å². The molecule has 0 aliphatic carbocycles. The number of hydrogen-bond donors (Lipinski definition) is 0. The van der Waals surface area contributed by atoms with Gasteiger partial charge < -0.3 is 9.64 Å². The molecule has 5 heteroatoms. The van der Waals surface area contributed by atoms with Gasteiger partial charge in [0.2, 0.25) is 5.91 Å². The Morgan fingerprint density at radius 1 is 1.26 bits per heavy atom. The van der Waals surface area contributed by atoms with Crippen LogP contribution in [0.4, 0.5) is 4.39 Å². The van der Waals surface area contributed by atoms with E-state index < -0.39 is 0 Å². The van der Waals surface area contributed by atoms with Gasteiger partial charge in [0.05, 0.1) is 19.6 Å². The van der Waals surface area contributed by atoms with Crippen LogP contribution in [0.15, 0.2) is 24.3 Å². The molecule has 2 aliphatic rings. The van der Waals surface area contributed by atoms with Crippen LogP contribution in [-0.2, 0) is 4.79 Å². The van der Waals surface area contributed by atoms with Gasteiger partial charge in [-0.1, -0.05) is 13.3 Å². The van der Waals surface area contributed by atoms with Crippen LogP contribution in [0.25, 0.3) is 0 Å². The van der Waals surface area contributed by atoms with Gasteiger partial charge in [0.15, 0.2) is 0 Å². The molecule has 0 bridgehead atoms. The smallest absolute Gasteiger partial charge is 0.237 e. The molecule has 2 saturated heterocycles. The summed E-state index contributed by atoms with van der Waals surface area (Å²) < 4.78 is 18.6. The predicted octanol–water partition coefficient (Wildman–Crippen LogP) is 2.68. The predicted molar refractivity (Wildman–Crippen MR) is 86.9 cm³/mol. The molecule has 3 rings (SSSR count). The van der Waals surface area contributed by atoms with Gasteiger partial charge in [-0.15, -0.1) is 0 Å². The van der Waals surface area contributed by atoms with Gasteiger partial charge in [-0.3, -0.25) is 9.69 Å². The molecule has 2 aliphatic heterocycles. The number of carbonyl (C=O) groups excluding carboxylic acids is 1. The van der Waals surface area contributed by atoms with Gasteiger partial charge in [0.1, 0.15) is 17.7 Å². The van der Waals surface area contributed by atoms with E-state index in [1.807, 2.05) is 4.90 Å². The van der Waals surface area contributed by atoms with Crippen molar-refractivity contribution in [1.29, 1.82) is 0 Å². The maximum Gasteiger partial charge on any atom is 0.237 e. The van der Waals surface area contributed by atoms with Crippen LogP contribution >= 0.6 is 0 Å². The average Bonchev–Trinajstić information content (AvgIpc) is 2.52. The fraction of sp³-hybridized carbons (Fsp3) is 0.611. The number of piperidine rings is 1. The summed E-state index contributed by atoms with van der Waals surface area (Å²) >= 11 is 0. The lowest BCUT2D eigenvalue weighted by Crippen LogP contribution is -2.59. The minimum absolute atomic E-state index is 0.0211. The van der Waals surface area contributed by atoms with E-state index in [1.165, 1.54) is 31.4 Å². The first-order valence-corrected chi connectivity index (χ1v) is 8.59. The Labute approximate surface area is 137 Å². The van der Waals surface area contributed by atoms with Crippen LogP contribution in [0.5, 0.6) is 5.75 Å². The summed E-state index contributed by atoms with van der Waals surface area (Å²) in [5.41, 5.74) is 0. The van der Waals surface area contributed by atoms with Crippen LogP contribution in [0.1, 0.15) is 32.6 Å². The molecule has 2 heterocycles. The van der Waals surface area contributed by atoms with Crippen molar-refractivity contribution in [3.63, 3.8) is 0 Å². The monoisotopic (exact) mass is 320 g/mol. The zero-order chi connectivity index (χ0) is 16.2. The van der Waals surface area contributed by atoms with Crippen molar-refractivity contribution < 1.29 is 13.9 Å². The third-order valence-electron chi connectivity index (χ3n) is 4.88. The van der Waals surface area contributed by atoms with E-state index in [-0.39, 0.29) is 17.8 Å². The lowest BCUT2D eigenvalue weighted by Gasteiger charge is -2.41. The topological polar surface area (TPSA) is 32.8 Å². The summed E-state index contributed by atoms with van der Waals surface area (Å²) in [5.74, 6) is 0.588. The number of hydrogen-bond acceptors (Lipinski definition) is 3. The standard InChI is InChI=1S/C18H25FN2O2/c1-2-15-5-3-4-10-20(15)13-18(22)21-11-17(12-21)23-16-8-6-14(19)7-9-16/h6-9,15,17H,2-5,10-13H2,1H3/t15-/m0/s1. The minimum Gasteiger partial charge on any atom is -0.487 e. The van der Waals surface area contributed by atoms with Crippen molar-refractivity contribution in [3.8, 4) is 5.75 Å². The average molecular weight is 320 g/mol. The maximum atomic E-state index is 12.9. The summed E-state index contributed by atoms with van der Waals surface area (Å²) in [5, 5.41) is 0. The third-order valence-corrected chi connectivity index (χ3v) is 4.88. The van der Waals surface area contributed by atoms with E-state index in [9.17, 15) is 9.18 Å². The highest BCUT2D eigenvalue weighted by Crippen LogP contribution is 2.21. The fourth-order valence-electron chi connectivity index (χ4n) is 3.43. The Balaban J connectivity index is 1.43. The second kappa shape index (κ2) is 7.30. The highest BCUT2D eigenvalue weighted by molar-refractivity contribution is 5.79.